The maximum absolute atomic E-state index is 13.0. The molecule has 4 rings (SSSR count). The van der Waals surface area contributed by atoms with Crippen molar-refractivity contribution in [2.24, 2.45) is 0 Å². The Morgan fingerprint density at radius 2 is 1.97 bits per heavy atom. The maximum Gasteiger partial charge on any atom is 0.416 e. The summed E-state index contributed by atoms with van der Waals surface area (Å²) in [5, 5.41) is 1.19. The summed E-state index contributed by atoms with van der Waals surface area (Å²) in [5.74, 6) is 0.527. The van der Waals surface area contributed by atoms with Crippen molar-refractivity contribution in [3.05, 3.63) is 117 Å². The van der Waals surface area contributed by atoms with Gasteiger partial charge in [-0.2, -0.15) is 13.2 Å². The van der Waals surface area contributed by atoms with E-state index in [9.17, 15) is 18.0 Å². The van der Waals surface area contributed by atoms with E-state index in [1.807, 2.05) is 50.2 Å². The number of alkyl halides is 3. The highest BCUT2D eigenvalue weighted by molar-refractivity contribution is 6.31. The third-order valence-electron chi connectivity index (χ3n) is 6.09. The first-order valence-electron chi connectivity index (χ1n) is 11.9. The minimum atomic E-state index is -4.60. The number of fused-ring (bicyclic) bond motifs is 1. The summed E-state index contributed by atoms with van der Waals surface area (Å²) in [7, 11) is 3.90. The molecule has 1 aromatic carbocycles. The van der Waals surface area contributed by atoms with Gasteiger partial charge < -0.3 is 14.2 Å². The zero-order valence-electron chi connectivity index (χ0n) is 21.6. The molecule has 0 aliphatic rings. The first-order valence-corrected chi connectivity index (χ1v) is 12.3. The number of rotatable bonds is 8. The molecule has 0 unspecified atom stereocenters. The molecule has 0 saturated heterocycles. The molecule has 0 fully saturated rings. The Bertz CT molecular complexity index is 1630. The summed E-state index contributed by atoms with van der Waals surface area (Å²) < 4.78 is 46.3. The topological polar surface area (TPSA) is 60.3 Å². The molecular weight excluding hydrogens is 529 g/mol. The summed E-state index contributed by atoms with van der Waals surface area (Å²) in [6, 6.07) is 9.07. The number of nitrogens with zero attached hydrogens (tertiary/aromatic N) is 4. The summed E-state index contributed by atoms with van der Waals surface area (Å²) >= 11 is 6.45. The van der Waals surface area contributed by atoms with Crippen molar-refractivity contribution in [3.63, 3.8) is 0 Å². The molecule has 3 heterocycles. The van der Waals surface area contributed by atoms with E-state index in [4.69, 9.17) is 21.3 Å². The van der Waals surface area contributed by atoms with Crippen LogP contribution in [0.1, 0.15) is 27.9 Å². The molecule has 4 aromatic rings. The van der Waals surface area contributed by atoms with Gasteiger partial charge in [-0.25, -0.2) is 4.98 Å². The number of hydrogen-bond acceptors (Lipinski definition) is 5. The zero-order chi connectivity index (χ0) is 28.3. The van der Waals surface area contributed by atoms with Crippen molar-refractivity contribution < 1.29 is 17.9 Å². The third kappa shape index (κ3) is 6.15. The van der Waals surface area contributed by atoms with Gasteiger partial charge in [-0.15, -0.1) is 0 Å². The minimum Gasteiger partial charge on any atom is -0.487 e. The van der Waals surface area contributed by atoms with Gasteiger partial charge in [-0.1, -0.05) is 36.4 Å². The summed E-state index contributed by atoms with van der Waals surface area (Å²) in [6.07, 6.45) is 3.12. The predicted molar refractivity (Wildman–Crippen MR) is 147 cm³/mol. The summed E-state index contributed by atoms with van der Waals surface area (Å²) in [5.41, 5.74) is 2.69. The van der Waals surface area contributed by atoms with Crippen molar-refractivity contribution in [1.82, 2.24) is 19.4 Å². The molecule has 0 spiro atoms. The molecule has 0 aliphatic heterocycles. The number of ether oxygens (including phenoxy) is 1. The number of para-hydroxylation sites is 1. The van der Waals surface area contributed by atoms with Crippen LogP contribution in [0.2, 0.25) is 5.02 Å². The van der Waals surface area contributed by atoms with E-state index < -0.39 is 17.3 Å². The monoisotopic (exact) mass is 554 g/mol. The molecular formula is C29H26ClF3N4O2. The van der Waals surface area contributed by atoms with Crippen LogP contribution in [0.15, 0.2) is 78.5 Å². The Kier molecular flexibility index (Phi) is 8.11. The Balaban J connectivity index is 1.69. The number of hydrogen-bond donors (Lipinski definition) is 0. The van der Waals surface area contributed by atoms with Crippen LogP contribution in [0.4, 0.5) is 13.2 Å². The van der Waals surface area contributed by atoms with Gasteiger partial charge in [0.1, 0.15) is 17.9 Å². The van der Waals surface area contributed by atoms with E-state index in [1.165, 1.54) is 12.4 Å². The lowest BCUT2D eigenvalue weighted by Crippen LogP contribution is -2.22. The van der Waals surface area contributed by atoms with Gasteiger partial charge in [0.25, 0.3) is 5.56 Å². The first kappa shape index (κ1) is 27.9. The fourth-order valence-electron chi connectivity index (χ4n) is 4.22. The standard InChI is InChI=1S/C29H26ClF3N4O2/c1-5-7-25(36(3)4)22-12-18(2)35-28-21(22)8-6-9-26(28)39-17-23-19(14-34-15-24(23)30)16-37-11-10-20(13-27(37)38)29(31,32)33/h5-15H,1,16-17H2,2-4H3/b25-7-. The lowest BCUT2D eigenvalue weighted by molar-refractivity contribution is -0.137. The van der Waals surface area contributed by atoms with Crippen molar-refractivity contribution in [3.8, 4) is 5.75 Å². The maximum atomic E-state index is 13.0. The van der Waals surface area contributed by atoms with Crippen LogP contribution in [0.25, 0.3) is 16.6 Å². The summed E-state index contributed by atoms with van der Waals surface area (Å²) in [4.78, 5) is 23.2. The van der Waals surface area contributed by atoms with E-state index >= 15 is 0 Å². The van der Waals surface area contributed by atoms with Crippen LogP contribution < -0.4 is 10.3 Å². The molecule has 0 radical (unpaired) electrons. The molecule has 39 heavy (non-hydrogen) atoms. The molecule has 0 N–H and O–H groups in total. The molecule has 0 bridgehead atoms. The Morgan fingerprint density at radius 1 is 1.21 bits per heavy atom. The fourth-order valence-corrected chi connectivity index (χ4v) is 4.45. The van der Waals surface area contributed by atoms with E-state index in [1.54, 1.807) is 12.1 Å². The number of allylic oxidation sites excluding steroid dienone is 2. The zero-order valence-corrected chi connectivity index (χ0v) is 22.3. The third-order valence-corrected chi connectivity index (χ3v) is 6.42. The van der Waals surface area contributed by atoms with E-state index in [-0.39, 0.29) is 13.2 Å². The van der Waals surface area contributed by atoms with Gasteiger partial charge in [-0.05, 0) is 36.8 Å². The first-order chi connectivity index (χ1) is 18.5. The number of aromatic nitrogens is 3. The molecule has 6 nitrogen and oxygen atoms in total. The normalized spacial score (nSPS) is 12.0. The fraction of sp³-hybridized carbons (Fsp3) is 0.207. The number of benzene rings is 1. The van der Waals surface area contributed by atoms with Crippen molar-refractivity contribution in [2.75, 3.05) is 14.1 Å². The van der Waals surface area contributed by atoms with Crippen LogP contribution in [0.5, 0.6) is 5.75 Å². The predicted octanol–water partition coefficient (Wildman–Crippen LogP) is 6.49. The quantitative estimate of drug-likeness (QED) is 0.233. The van der Waals surface area contributed by atoms with Gasteiger partial charge in [0.2, 0.25) is 0 Å². The van der Waals surface area contributed by atoms with Crippen molar-refractivity contribution in [1.29, 1.82) is 0 Å². The van der Waals surface area contributed by atoms with Gasteiger partial charge in [0, 0.05) is 66.7 Å². The molecule has 0 atom stereocenters. The van der Waals surface area contributed by atoms with Crippen LogP contribution >= 0.6 is 11.6 Å². The molecule has 3 aromatic heterocycles. The van der Waals surface area contributed by atoms with Crippen LogP contribution in [0, 0.1) is 6.92 Å². The Labute approximate surface area is 228 Å². The van der Waals surface area contributed by atoms with Gasteiger partial charge in [0.15, 0.2) is 0 Å². The molecule has 0 aliphatic carbocycles. The largest absolute Gasteiger partial charge is 0.487 e. The SMILES string of the molecule is C=C/C=C(/c1cc(C)nc2c(OCc3c(Cl)cncc3Cn3ccc(C(F)(F)F)cc3=O)cccc12)N(C)C. The van der Waals surface area contributed by atoms with Gasteiger partial charge in [-0.3, -0.25) is 9.78 Å². The number of aryl methyl sites for hydroxylation is 1. The second-order valence-corrected chi connectivity index (χ2v) is 9.48. The number of pyridine rings is 3. The average Bonchev–Trinajstić information content (AvgIpc) is 2.87. The number of halogens is 4. The highest BCUT2D eigenvalue weighted by Crippen LogP contribution is 2.33. The second kappa shape index (κ2) is 11.3. The van der Waals surface area contributed by atoms with Crippen LogP contribution in [0.3, 0.4) is 0 Å². The average molecular weight is 555 g/mol. The van der Waals surface area contributed by atoms with E-state index in [2.05, 4.69) is 11.6 Å². The van der Waals surface area contributed by atoms with E-state index in [0.717, 1.165) is 39.2 Å². The Morgan fingerprint density at radius 3 is 2.64 bits per heavy atom. The minimum absolute atomic E-state index is 0.0270. The van der Waals surface area contributed by atoms with E-state index in [0.29, 0.717) is 33.5 Å². The highest BCUT2D eigenvalue weighted by Gasteiger charge is 2.31. The highest BCUT2D eigenvalue weighted by atomic mass is 35.5. The molecule has 0 saturated carbocycles. The molecule has 0 amide bonds. The van der Waals surface area contributed by atoms with Crippen molar-refractivity contribution in [2.45, 2.75) is 26.3 Å². The van der Waals surface area contributed by atoms with Crippen LogP contribution in [-0.2, 0) is 19.3 Å². The van der Waals surface area contributed by atoms with Crippen molar-refractivity contribution >= 4 is 28.2 Å². The van der Waals surface area contributed by atoms with Gasteiger partial charge in [0.05, 0.1) is 17.1 Å². The smallest absolute Gasteiger partial charge is 0.416 e. The summed E-state index contributed by atoms with van der Waals surface area (Å²) in [6.45, 7) is 5.73. The lowest BCUT2D eigenvalue weighted by atomic mass is 10.0. The Hall–Kier alpha value is -4.11. The second-order valence-electron chi connectivity index (χ2n) is 9.07. The van der Waals surface area contributed by atoms with Crippen LogP contribution in [-0.4, -0.2) is 33.5 Å². The van der Waals surface area contributed by atoms with Gasteiger partial charge >= 0.3 is 6.18 Å². The molecule has 10 heteroatoms. The lowest BCUT2D eigenvalue weighted by Gasteiger charge is -2.20. The molecule has 202 valence electrons.